The Morgan fingerprint density at radius 2 is 1.90 bits per heavy atom. The van der Waals surface area contributed by atoms with Crippen LogP contribution in [0.2, 0.25) is 0 Å². The van der Waals surface area contributed by atoms with Crippen molar-refractivity contribution < 1.29 is 18.3 Å². The molecular formula is C14H25NO4S. The molecule has 20 heavy (non-hydrogen) atoms. The molecule has 116 valence electrons. The molecule has 0 aromatic heterocycles. The van der Waals surface area contributed by atoms with Crippen LogP contribution >= 0.6 is 0 Å². The first-order valence-corrected chi connectivity index (χ1v) is 9.34. The summed E-state index contributed by atoms with van der Waals surface area (Å²) in [6, 6.07) is -0.342. The van der Waals surface area contributed by atoms with E-state index in [0.717, 1.165) is 12.5 Å². The Balaban J connectivity index is 1.95. The van der Waals surface area contributed by atoms with Gasteiger partial charge in [0.15, 0.2) is 9.84 Å². The number of carboxylic acid groups (broad SMARTS) is 1. The Morgan fingerprint density at radius 3 is 2.50 bits per heavy atom. The first-order valence-electron chi connectivity index (χ1n) is 7.52. The molecule has 1 heterocycles. The fourth-order valence-corrected chi connectivity index (χ4v) is 4.99. The molecule has 5 nitrogen and oxygen atoms in total. The van der Waals surface area contributed by atoms with Crippen LogP contribution in [-0.2, 0) is 14.6 Å². The molecule has 1 N–H and O–H groups in total. The Kier molecular flexibility index (Phi) is 5.07. The van der Waals surface area contributed by atoms with Crippen LogP contribution in [0.1, 0.15) is 39.0 Å². The van der Waals surface area contributed by atoms with Crippen molar-refractivity contribution in [1.82, 2.24) is 4.90 Å². The molecule has 1 aliphatic carbocycles. The fourth-order valence-electron chi connectivity index (χ4n) is 3.39. The summed E-state index contributed by atoms with van der Waals surface area (Å²) in [5.74, 6) is 0.662. The number of sulfone groups is 1. The van der Waals surface area contributed by atoms with E-state index in [-0.39, 0.29) is 24.0 Å². The van der Waals surface area contributed by atoms with Gasteiger partial charge in [-0.25, -0.2) is 8.42 Å². The summed E-state index contributed by atoms with van der Waals surface area (Å²) in [5, 5.41) is 8.97. The second-order valence-corrected chi connectivity index (χ2v) is 8.72. The molecule has 2 aliphatic rings. The maximum absolute atomic E-state index is 11.7. The highest BCUT2D eigenvalue weighted by atomic mass is 32.2. The zero-order valence-corrected chi connectivity index (χ0v) is 12.9. The zero-order valence-electron chi connectivity index (χ0n) is 12.1. The van der Waals surface area contributed by atoms with Gasteiger partial charge < -0.3 is 5.11 Å². The van der Waals surface area contributed by atoms with Gasteiger partial charge >= 0.3 is 5.97 Å². The van der Waals surface area contributed by atoms with E-state index in [1.165, 1.54) is 25.7 Å². The van der Waals surface area contributed by atoms with Crippen molar-refractivity contribution in [3.63, 3.8) is 0 Å². The first-order chi connectivity index (χ1) is 9.35. The van der Waals surface area contributed by atoms with Crippen molar-refractivity contribution >= 4 is 15.8 Å². The number of hydrogen-bond donors (Lipinski definition) is 1. The second-order valence-electron chi connectivity index (χ2n) is 6.49. The molecule has 0 spiro atoms. The van der Waals surface area contributed by atoms with Crippen LogP contribution in [0.25, 0.3) is 0 Å². The topological polar surface area (TPSA) is 74.7 Å². The van der Waals surface area contributed by atoms with Crippen molar-refractivity contribution in [2.45, 2.75) is 45.1 Å². The number of carbonyl (C=O) groups is 1. The maximum Gasteiger partial charge on any atom is 0.304 e. The molecule has 0 aromatic carbocycles. The zero-order chi connectivity index (χ0) is 14.8. The van der Waals surface area contributed by atoms with E-state index < -0.39 is 15.8 Å². The number of rotatable bonds is 4. The van der Waals surface area contributed by atoms with E-state index in [9.17, 15) is 13.2 Å². The predicted molar refractivity (Wildman–Crippen MR) is 77.4 cm³/mol. The molecule has 0 radical (unpaired) electrons. The molecule has 2 rings (SSSR count). The fraction of sp³-hybridized carbons (Fsp3) is 0.929. The van der Waals surface area contributed by atoms with Crippen LogP contribution in [-0.4, -0.2) is 55.0 Å². The Hall–Kier alpha value is -0.620. The van der Waals surface area contributed by atoms with Gasteiger partial charge in [-0.1, -0.05) is 19.8 Å². The van der Waals surface area contributed by atoms with Gasteiger partial charge in [0.2, 0.25) is 0 Å². The second kappa shape index (κ2) is 6.43. The highest BCUT2D eigenvalue weighted by molar-refractivity contribution is 7.91. The van der Waals surface area contributed by atoms with Gasteiger partial charge in [0.1, 0.15) is 0 Å². The minimum absolute atomic E-state index is 0.00240. The Bertz CT molecular complexity index is 440. The lowest BCUT2D eigenvalue weighted by Crippen LogP contribution is -2.51. The predicted octanol–water partition coefficient (Wildman–Crippen LogP) is 1.39. The molecule has 1 unspecified atom stereocenters. The maximum atomic E-state index is 11.7. The van der Waals surface area contributed by atoms with Crippen molar-refractivity contribution in [1.29, 1.82) is 0 Å². The van der Waals surface area contributed by atoms with Gasteiger partial charge in [-0.3, -0.25) is 9.69 Å². The van der Waals surface area contributed by atoms with Crippen LogP contribution in [0, 0.1) is 11.8 Å². The third kappa shape index (κ3) is 4.45. The lowest BCUT2D eigenvalue weighted by Gasteiger charge is -2.38. The molecule has 1 aliphatic heterocycles. The third-order valence-corrected chi connectivity index (χ3v) is 6.39. The molecule has 0 amide bonds. The van der Waals surface area contributed by atoms with E-state index >= 15 is 0 Å². The largest absolute Gasteiger partial charge is 0.481 e. The molecule has 1 atom stereocenters. The van der Waals surface area contributed by atoms with Gasteiger partial charge in [0.05, 0.1) is 17.9 Å². The summed E-state index contributed by atoms with van der Waals surface area (Å²) < 4.78 is 23.4. The Labute approximate surface area is 121 Å². The first kappa shape index (κ1) is 15.8. The van der Waals surface area contributed by atoms with Gasteiger partial charge in [-0.05, 0) is 24.7 Å². The van der Waals surface area contributed by atoms with E-state index in [2.05, 4.69) is 11.8 Å². The monoisotopic (exact) mass is 303 g/mol. The molecule has 0 bridgehead atoms. The quantitative estimate of drug-likeness (QED) is 0.849. The normalized spacial score (nSPS) is 34.8. The highest BCUT2D eigenvalue weighted by Gasteiger charge is 2.34. The van der Waals surface area contributed by atoms with Gasteiger partial charge in [0.25, 0.3) is 0 Å². The summed E-state index contributed by atoms with van der Waals surface area (Å²) in [6.07, 6.45) is 4.78. The van der Waals surface area contributed by atoms with Crippen LogP contribution in [0.4, 0.5) is 0 Å². The molecular weight excluding hydrogens is 278 g/mol. The van der Waals surface area contributed by atoms with E-state index in [1.54, 1.807) is 0 Å². The van der Waals surface area contributed by atoms with Gasteiger partial charge in [-0.2, -0.15) is 0 Å². The average molecular weight is 303 g/mol. The van der Waals surface area contributed by atoms with Crippen LogP contribution < -0.4 is 0 Å². The Morgan fingerprint density at radius 1 is 1.25 bits per heavy atom. The van der Waals surface area contributed by atoms with Crippen molar-refractivity contribution in [3.05, 3.63) is 0 Å². The lowest BCUT2D eigenvalue weighted by atomic mass is 9.82. The van der Waals surface area contributed by atoms with Crippen molar-refractivity contribution in [2.24, 2.45) is 11.8 Å². The van der Waals surface area contributed by atoms with E-state index in [1.807, 2.05) is 0 Å². The summed E-state index contributed by atoms with van der Waals surface area (Å²) in [5.41, 5.74) is 0. The van der Waals surface area contributed by atoms with Crippen molar-refractivity contribution in [2.75, 3.05) is 24.6 Å². The third-order valence-electron chi connectivity index (χ3n) is 4.69. The molecule has 0 aromatic rings. The van der Waals surface area contributed by atoms with E-state index in [0.29, 0.717) is 12.5 Å². The summed E-state index contributed by atoms with van der Waals surface area (Å²) in [6.45, 7) is 3.63. The minimum Gasteiger partial charge on any atom is -0.481 e. The summed E-state index contributed by atoms with van der Waals surface area (Å²) in [7, 11) is -3.07. The molecule has 1 saturated heterocycles. The molecule has 2 fully saturated rings. The SMILES string of the molecule is CC1CCC(CN2CCS(=O)(=O)CC2CC(=O)O)CC1. The minimum atomic E-state index is -3.07. The van der Waals surface area contributed by atoms with Crippen molar-refractivity contribution in [3.8, 4) is 0 Å². The lowest BCUT2D eigenvalue weighted by molar-refractivity contribution is -0.138. The highest BCUT2D eigenvalue weighted by Crippen LogP contribution is 2.30. The van der Waals surface area contributed by atoms with Gasteiger partial charge in [-0.15, -0.1) is 0 Å². The molecule has 1 saturated carbocycles. The number of carboxylic acids is 1. The number of nitrogens with zero attached hydrogens (tertiary/aromatic N) is 1. The number of aliphatic carboxylic acids is 1. The van der Waals surface area contributed by atoms with Crippen LogP contribution in [0.5, 0.6) is 0 Å². The summed E-state index contributed by atoms with van der Waals surface area (Å²) >= 11 is 0. The average Bonchev–Trinajstić information content (AvgIpc) is 2.34. The smallest absolute Gasteiger partial charge is 0.304 e. The van der Waals surface area contributed by atoms with Crippen LogP contribution in [0.15, 0.2) is 0 Å². The number of hydrogen-bond acceptors (Lipinski definition) is 4. The molecule has 6 heteroatoms. The summed E-state index contributed by atoms with van der Waals surface area (Å²) in [4.78, 5) is 13.0. The van der Waals surface area contributed by atoms with E-state index in [4.69, 9.17) is 5.11 Å². The van der Waals surface area contributed by atoms with Crippen LogP contribution in [0.3, 0.4) is 0 Å². The van der Waals surface area contributed by atoms with Gasteiger partial charge in [0, 0.05) is 19.1 Å². The standard InChI is InChI=1S/C14H25NO4S/c1-11-2-4-12(5-3-11)9-15-6-7-20(18,19)10-13(15)8-14(16)17/h11-13H,2-10H2,1H3,(H,16,17).